The summed E-state index contributed by atoms with van der Waals surface area (Å²) in [5.74, 6) is 4.45. The molecule has 0 aliphatic heterocycles. The van der Waals surface area contributed by atoms with E-state index in [0.717, 1.165) is 12.8 Å². The van der Waals surface area contributed by atoms with E-state index in [4.69, 9.17) is 11.6 Å². The van der Waals surface area contributed by atoms with Crippen molar-refractivity contribution in [3.8, 4) is 0 Å². The molecule has 0 saturated carbocycles. The lowest BCUT2D eigenvalue weighted by Gasteiger charge is -2.18. The fourth-order valence-electron chi connectivity index (χ4n) is 1.35. The number of nitrogens with two attached hydrogens (primary N) is 2. The lowest BCUT2D eigenvalue weighted by Crippen LogP contribution is -2.50. The fraction of sp³-hybridized carbons (Fsp3) is 0.455. The molecule has 1 aromatic heterocycles. The fourth-order valence-corrected chi connectivity index (χ4v) is 2.01. The zero-order chi connectivity index (χ0) is 12.8. The number of hydrogen-bond acceptors (Lipinski definition) is 5. The van der Waals surface area contributed by atoms with Gasteiger partial charge in [-0.25, -0.2) is 10.9 Å². The molecule has 0 aliphatic carbocycles. The lowest BCUT2D eigenvalue weighted by atomic mass is 10.1. The smallest absolute Gasteiger partial charge is 0.284 e. The summed E-state index contributed by atoms with van der Waals surface area (Å²) in [5.41, 5.74) is 5.68. The predicted octanol–water partition coefficient (Wildman–Crippen LogP) is 1.11. The number of hydrogen-bond donors (Lipinski definition) is 2. The van der Waals surface area contributed by atoms with E-state index >= 15 is 0 Å². The van der Waals surface area contributed by atoms with Crippen molar-refractivity contribution >= 4 is 23.2 Å². The molecule has 0 unspecified atom stereocenters. The molecule has 1 aromatic rings. The number of rotatable bonds is 5. The SMILES string of the molecule is CCCC[C@H](N)C(=O)N(N)C(=O)c1cccs1. The number of unbranched alkanes of at least 4 members (excludes halogenated alkanes) is 1. The molecule has 6 heteroatoms. The Hall–Kier alpha value is -1.24. The molecule has 1 rings (SSSR count). The molecule has 0 aromatic carbocycles. The molecule has 2 amide bonds. The van der Waals surface area contributed by atoms with Gasteiger partial charge in [0.05, 0.1) is 10.9 Å². The molecule has 0 spiro atoms. The van der Waals surface area contributed by atoms with Crippen molar-refractivity contribution in [3.05, 3.63) is 22.4 Å². The Labute approximate surface area is 104 Å². The van der Waals surface area contributed by atoms with Crippen molar-refractivity contribution in [1.82, 2.24) is 5.01 Å². The summed E-state index contributed by atoms with van der Waals surface area (Å²) < 4.78 is 0. The van der Waals surface area contributed by atoms with Crippen LogP contribution in [0.15, 0.2) is 17.5 Å². The first-order valence-electron chi connectivity index (χ1n) is 5.50. The highest BCUT2D eigenvalue weighted by Crippen LogP contribution is 2.11. The highest BCUT2D eigenvalue weighted by Gasteiger charge is 2.24. The second kappa shape index (κ2) is 6.48. The van der Waals surface area contributed by atoms with Crippen molar-refractivity contribution in [2.45, 2.75) is 32.2 Å². The van der Waals surface area contributed by atoms with Crippen LogP contribution in [0.25, 0.3) is 0 Å². The van der Waals surface area contributed by atoms with Gasteiger partial charge in [0, 0.05) is 0 Å². The quantitative estimate of drug-likeness (QED) is 0.468. The predicted molar refractivity (Wildman–Crippen MR) is 67.2 cm³/mol. The Morgan fingerprint density at radius 2 is 2.24 bits per heavy atom. The van der Waals surface area contributed by atoms with Crippen LogP contribution < -0.4 is 11.6 Å². The minimum absolute atomic E-state index is 0.434. The van der Waals surface area contributed by atoms with Crippen LogP contribution in [0.1, 0.15) is 35.9 Å². The summed E-state index contributed by atoms with van der Waals surface area (Å²) in [5, 5.41) is 2.37. The minimum atomic E-state index is -0.705. The molecular weight excluding hydrogens is 238 g/mol. The van der Waals surface area contributed by atoms with Gasteiger partial charge in [-0.05, 0) is 17.9 Å². The molecule has 0 radical (unpaired) electrons. The van der Waals surface area contributed by atoms with Crippen LogP contribution in [-0.2, 0) is 4.79 Å². The Morgan fingerprint density at radius 3 is 2.76 bits per heavy atom. The van der Waals surface area contributed by atoms with Crippen molar-refractivity contribution in [2.75, 3.05) is 0 Å². The number of nitrogens with zero attached hydrogens (tertiary/aromatic N) is 1. The summed E-state index contributed by atoms with van der Waals surface area (Å²) in [4.78, 5) is 23.9. The standard InChI is InChI=1S/C11H17N3O2S/c1-2-3-5-8(12)10(15)14(13)11(16)9-6-4-7-17-9/h4,6-8H,2-3,5,12-13H2,1H3/t8-/m0/s1. The Bertz CT molecular complexity index is 378. The first-order valence-corrected chi connectivity index (χ1v) is 6.38. The van der Waals surface area contributed by atoms with Gasteiger partial charge in [-0.3, -0.25) is 9.59 Å². The average Bonchev–Trinajstić information content (AvgIpc) is 2.86. The second-order valence-electron chi connectivity index (χ2n) is 3.74. The number of amides is 2. The summed E-state index contributed by atoms with van der Waals surface area (Å²) in [6.45, 7) is 2.01. The Kier molecular flexibility index (Phi) is 5.27. The first-order chi connectivity index (χ1) is 8.07. The summed E-state index contributed by atoms with van der Waals surface area (Å²) in [6.07, 6.45) is 2.33. The van der Waals surface area contributed by atoms with Gasteiger partial charge in [-0.15, -0.1) is 11.3 Å². The zero-order valence-electron chi connectivity index (χ0n) is 9.76. The van der Waals surface area contributed by atoms with Crippen molar-refractivity contribution in [3.63, 3.8) is 0 Å². The first kappa shape index (κ1) is 13.8. The van der Waals surface area contributed by atoms with E-state index in [0.29, 0.717) is 16.3 Å². The van der Waals surface area contributed by atoms with Crippen molar-refractivity contribution in [1.29, 1.82) is 0 Å². The Morgan fingerprint density at radius 1 is 1.53 bits per heavy atom. The van der Waals surface area contributed by atoms with E-state index in [1.807, 2.05) is 6.92 Å². The topological polar surface area (TPSA) is 89.4 Å². The average molecular weight is 255 g/mol. The number of carbonyl (C=O) groups is 2. The third-order valence-corrected chi connectivity index (χ3v) is 3.23. The largest absolute Gasteiger partial charge is 0.320 e. The molecule has 4 N–H and O–H groups in total. The summed E-state index contributed by atoms with van der Waals surface area (Å²) in [7, 11) is 0. The maximum Gasteiger partial charge on any atom is 0.284 e. The second-order valence-corrected chi connectivity index (χ2v) is 4.69. The zero-order valence-corrected chi connectivity index (χ0v) is 10.6. The number of hydrazine groups is 1. The molecule has 94 valence electrons. The van der Waals surface area contributed by atoms with Gasteiger partial charge in [0.1, 0.15) is 0 Å². The molecule has 1 heterocycles. The van der Waals surface area contributed by atoms with E-state index < -0.39 is 17.9 Å². The van der Waals surface area contributed by atoms with E-state index in [2.05, 4.69) is 0 Å². The molecule has 0 fully saturated rings. The van der Waals surface area contributed by atoms with Crippen LogP contribution in [-0.4, -0.2) is 22.9 Å². The van der Waals surface area contributed by atoms with Crippen LogP contribution in [0.3, 0.4) is 0 Å². The molecule has 5 nitrogen and oxygen atoms in total. The van der Waals surface area contributed by atoms with Gasteiger partial charge < -0.3 is 5.73 Å². The molecule has 1 atom stereocenters. The minimum Gasteiger partial charge on any atom is -0.320 e. The number of imide groups is 1. The maximum absolute atomic E-state index is 11.8. The van der Waals surface area contributed by atoms with Gasteiger partial charge in [-0.2, -0.15) is 0 Å². The van der Waals surface area contributed by atoms with E-state index in [1.54, 1.807) is 17.5 Å². The monoisotopic (exact) mass is 255 g/mol. The van der Waals surface area contributed by atoms with Crippen molar-refractivity contribution < 1.29 is 9.59 Å². The van der Waals surface area contributed by atoms with E-state index in [-0.39, 0.29) is 0 Å². The van der Waals surface area contributed by atoms with Gasteiger partial charge in [0.2, 0.25) is 0 Å². The summed E-state index contributed by atoms with van der Waals surface area (Å²) in [6, 6.07) is 2.65. The van der Waals surface area contributed by atoms with Gasteiger partial charge in [-0.1, -0.05) is 25.8 Å². The van der Waals surface area contributed by atoms with Crippen LogP contribution in [0, 0.1) is 0 Å². The maximum atomic E-state index is 11.8. The normalized spacial score (nSPS) is 12.2. The highest BCUT2D eigenvalue weighted by molar-refractivity contribution is 7.12. The molecule has 0 saturated heterocycles. The molecule has 0 aliphatic rings. The number of carbonyl (C=O) groups excluding carboxylic acids is 2. The third kappa shape index (κ3) is 3.62. The lowest BCUT2D eigenvalue weighted by molar-refractivity contribution is -0.130. The third-order valence-electron chi connectivity index (χ3n) is 2.37. The van der Waals surface area contributed by atoms with E-state index in [1.165, 1.54) is 11.3 Å². The van der Waals surface area contributed by atoms with Crippen LogP contribution in [0.5, 0.6) is 0 Å². The van der Waals surface area contributed by atoms with Crippen LogP contribution in [0.2, 0.25) is 0 Å². The molecule has 17 heavy (non-hydrogen) atoms. The van der Waals surface area contributed by atoms with Gasteiger partial charge in [0.25, 0.3) is 11.8 Å². The van der Waals surface area contributed by atoms with Crippen LogP contribution >= 0.6 is 11.3 Å². The number of thiophene rings is 1. The molecule has 0 bridgehead atoms. The summed E-state index contributed by atoms with van der Waals surface area (Å²) >= 11 is 1.24. The van der Waals surface area contributed by atoms with Crippen molar-refractivity contribution in [2.24, 2.45) is 11.6 Å². The van der Waals surface area contributed by atoms with E-state index in [9.17, 15) is 9.59 Å². The Balaban J connectivity index is 2.60. The highest BCUT2D eigenvalue weighted by atomic mass is 32.1. The van der Waals surface area contributed by atoms with Gasteiger partial charge >= 0.3 is 0 Å². The van der Waals surface area contributed by atoms with Crippen LogP contribution in [0.4, 0.5) is 0 Å². The molecular formula is C11H17N3O2S. The van der Waals surface area contributed by atoms with Gasteiger partial charge in [0.15, 0.2) is 0 Å².